The van der Waals surface area contributed by atoms with E-state index in [0.29, 0.717) is 12.3 Å². The summed E-state index contributed by atoms with van der Waals surface area (Å²) in [7, 11) is 0. The fraction of sp³-hybridized carbons (Fsp3) is 0.800. The molecule has 0 aromatic carbocycles. The zero-order valence-corrected chi connectivity index (χ0v) is 7.64. The number of hydrogen-bond donors (Lipinski definition) is 0. The van der Waals surface area contributed by atoms with Crippen molar-refractivity contribution in [1.29, 1.82) is 0 Å². The molecule has 1 aliphatic heterocycles. The Hall–Kier alpha value is -0.370. The fourth-order valence-corrected chi connectivity index (χ4v) is 2.07. The minimum atomic E-state index is -0.794. The van der Waals surface area contributed by atoms with Crippen LogP contribution in [0.25, 0.3) is 0 Å². The Morgan fingerprint density at radius 3 is 2.75 bits per heavy atom. The van der Waals surface area contributed by atoms with Crippen LogP contribution in [0.4, 0.5) is 4.39 Å². The van der Waals surface area contributed by atoms with Crippen molar-refractivity contribution < 1.29 is 9.13 Å². The molecule has 1 aliphatic carbocycles. The number of halogens is 1. The monoisotopic (exact) mass is 170 g/mol. The Morgan fingerprint density at radius 1 is 1.58 bits per heavy atom. The molecule has 4 atom stereocenters. The van der Waals surface area contributed by atoms with Gasteiger partial charge in [-0.1, -0.05) is 12.2 Å². The van der Waals surface area contributed by atoms with Gasteiger partial charge >= 0.3 is 0 Å². The van der Waals surface area contributed by atoms with Gasteiger partial charge in [0.2, 0.25) is 0 Å². The first-order chi connectivity index (χ1) is 5.54. The highest BCUT2D eigenvalue weighted by molar-refractivity contribution is 5.14. The van der Waals surface area contributed by atoms with Gasteiger partial charge in [-0.3, -0.25) is 0 Å². The third-order valence-electron chi connectivity index (χ3n) is 3.29. The van der Waals surface area contributed by atoms with E-state index in [0.717, 1.165) is 12.0 Å². The molecule has 0 aromatic heterocycles. The zero-order chi connectivity index (χ0) is 8.93. The highest BCUT2D eigenvalue weighted by Gasteiger charge is 2.61. The van der Waals surface area contributed by atoms with Crippen molar-refractivity contribution in [2.75, 3.05) is 0 Å². The number of rotatable bonds is 1. The van der Waals surface area contributed by atoms with Crippen LogP contribution in [0.5, 0.6) is 0 Å². The van der Waals surface area contributed by atoms with E-state index < -0.39 is 11.8 Å². The first-order valence-electron chi connectivity index (χ1n) is 4.51. The normalized spacial score (nSPS) is 51.4. The van der Waals surface area contributed by atoms with Gasteiger partial charge in [-0.2, -0.15) is 0 Å². The van der Waals surface area contributed by atoms with Gasteiger partial charge in [-0.05, 0) is 32.6 Å². The second-order valence-corrected chi connectivity index (χ2v) is 4.27. The number of alkyl halides is 1. The molecule has 0 unspecified atom stereocenters. The maximum Gasteiger partial charge on any atom is 0.132 e. The molecule has 1 nitrogen and oxygen atoms in total. The average Bonchev–Trinajstić information content (AvgIpc) is 2.62. The molecular formula is C10H15FO. The van der Waals surface area contributed by atoms with E-state index in [1.54, 1.807) is 0 Å². The lowest BCUT2D eigenvalue weighted by Gasteiger charge is -2.25. The molecule has 1 saturated carbocycles. The van der Waals surface area contributed by atoms with Gasteiger partial charge in [0.15, 0.2) is 0 Å². The molecular weight excluding hydrogens is 155 g/mol. The summed E-state index contributed by atoms with van der Waals surface area (Å²) < 4.78 is 18.8. The van der Waals surface area contributed by atoms with Gasteiger partial charge in [-0.15, -0.1) is 0 Å². The van der Waals surface area contributed by atoms with Crippen molar-refractivity contribution in [3.63, 3.8) is 0 Å². The van der Waals surface area contributed by atoms with Crippen LogP contribution in [0.3, 0.4) is 0 Å². The minimum absolute atomic E-state index is 0.156. The van der Waals surface area contributed by atoms with Crippen LogP contribution in [-0.4, -0.2) is 17.9 Å². The van der Waals surface area contributed by atoms with E-state index in [4.69, 9.17) is 4.74 Å². The number of epoxide rings is 1. The Bertz CT molecular complexity index is 226. The lowest BCUT2D eigenvalue weighted by molar-refractivity contribution is 0.154. The number of hydrogen-bond acceptors (Lipinski definition) is 1. The molecule has 0 spiro atoms. The molecule has 0 aromatic rings. The predicted octanol–water partition coefficient (Wildman–Crippen LogP) is 2.47. The molecule has 0 bridgehead atoms. The van der Waals surface area contributed by atoms with Crippen LogP contribution >= 0.6 is 0 Å². The van der Waals surface area contributed by atoms with Crippen LogP contribution in [0.2, 0.25) is 0 Å². The van der Waals surface area contributed by atoms with Crippen molar-refractivity contribution >= 4 is 0 Å². The van der Waals surface area contributed by atoms with Gasteiger partial charge in [-0.25, -0.2) is 4.39 Å². The van der Waals surface area contributed by atoms with Crippen molar-refractivity contribution in [3.8, 4) is 0 Å². The van der Waals surface area contributed by atoms with Crippen LogP contribution in [0.1, 0.15) is 26.7 Å². The summed E-state index contributed by atoms with van der Waals surface area (Å²) in [4.78, 5) is 0. The standard InChI is InChI=1S/C10H15FO/c1-6(2)7-4-8(11)10(3)9(5-7)12-10/h7-9H,1,4-5H2,2-3H3/t7-,8-,9-,10+/m0/s1. The maximum atomic E-state index is 13.4. The van der Waals surface area contributed by atoms with Gasteiger partial charge in [0.25, 0.3) is 0 Å². The quantitative estimate of drug-likeness (QED) is 0.435. The summed E-state index contributed by atoms with van der Waals surface area (Å²) in [5.74, 6) is 0.334. The van der Waals surface area contributed by atoms with E-state index >= 15 is 0 Å². The second kappa shape index (κ2) is 2.32. The Morgan fingerprint density at radius 2 is 2.25 bits per heavy atom. The predicted molar refractivity (Wildman–Crippen MR) is 45.7 cm³/mol. The van der Waals surface area contributed by atoms with E-state index in [1.807, 2.05) is 13.8 Å². The fourth-order valence-electron chi connectivity index (χ4n) is 2.07. The largest absolute Gasteiger partial charge is 0.363 e. The Kier molecular flexibility index (Phi) is 1.59. The van der Waals surface area contributed by atoms with Crippen LogP contribution in [0, 0.1) is 5.92 Å². The number of ether oxygens (including phenoxy) is 1. The minimum Gasteiger partial charge on any atom is -0.363 e. The maximum absolute atomic E-state index is 13.4. The van der Waals surface area contributed by atoms with Gasteiger partial charge in [0.05, 0.1) is 6.10 Å². The van der Waals surface area contributed by atoms with Crippen LogP contribution in [-0.2, 0) is 4.74 Å². The second-order valence-electron chi connectivity index (χ2n) is 4.27. The molecule has 2 heteroatoms. The van der Waals surface area contributed by atoms with Crippen LogP contribution in [0.15, 0.2) is 12.2 Å². The first kappa shape index (κ1) is 8.24. The summed E-state index contributed by atoms with van der Waals surface area (Å²) in [5, 5.41) is 0. The van der Waals surface area contributed by atoms with Crippen molar-refractivity contribution in [2.24, 2.45) is 5.92 Å². The molecule has 2 aliphatic rings. The highest BCUT2D eigenvalue weighted by atomic mass is 19.1. The molecule has 2 fully saturated rings. The molecule has 12 heavy (non-hydrogen) atoms. The molecule has 68 valence electrons. The number of fused-ring (bicyclic) bond motifs is 1. The third kappa shape index (κ3) is 1.01. The molecule has 1 saturated heterocycles. The van der Waals surface area contributed by atoms with Crippen molar-refractivity contribution in [3.05, 3.63) is 12.2 Å². The lowest BCUT2D eigenvalue weighted by atomic mass is 9.79. The smallest absolute Gasteiger partial charge is 0.132 e. The Balaban J connectivity index is 2.06. The first-order valence-corrected chi connectivity index (χ1v) is 4.51. The van der Waals surface area contributed by atoms with Gasteiger partial charge in [0.1, 0.15) is 11.8 Å². The molecule has 0 amide bonds. The van der Waals surface area contributed by atoms with E-state index in [-0.39, 0.29) is 6.10 Å². The molecule has 0 radical (unpaired) electrons. The summed E-state index contributed by atoms with van der Waals surface area (Å²) >= 11 is 0. The lowest BCUT2D eigenvalue weighted by Crippen LogP contribution is -2.33. The number of allylic oxidation sites excluding steroid dienone is 1. The summed E-state index contributed by atoms with van der Waals surface area (Å²) in [6.07, 6.45) is 0.926. The average molecular weight is 170 g/mol. The van der Waals surface area contributed by atoms with Gasteiger partial charge < -0.3 is 4.74 Å². The summed E-state index contributed by atoms with van der Waals surface area (Å²) in [6, 6.07) is 0. The highest BCUT2D eigenvalue weighted by Crippen LogP contribution is 2.51. The summed E-state index contributed by atoms with van der Waals surface area (Å²) in [5.41, 5.74) is 0.654. The van der Waals surface area contributed by atoms with E-state index in [2.05, 4.69) is 6.58 Å². The van der Waals surface area contributed by atoms with Crippen LogP contribution < -0.4 is 0 Å². The molecule has 1 heterocycles. The Labute approximate surface area is 72.6 Å². The molecule has 2 rings (SSSR count). The summed E-state index contributed by atoms with van der Waals surface area (Å²) in [6.45, 7) is 7.71. The topological polar surface area (TPSA) is 12.5 Å². The van der Waals surface area contributed by atoms with Crippen molar-refractivity contribution in [2.45, 2.75) is 44.6 Å². The third-order valence-corrected chi connectivity index (χ3v) is 3.29. The van der Waals surface area contributed by atoms with Crippen molar-refractivity contribution in [1.82, 2.24) is 0 Å². The van der Waals surface area contributed by atoms with E-state index in [9.17, 15) is 4.39 Å². The molecule has 0 N–H and O–H groups in total. The zero-order valence-electron chi connectivity index (χ0n) is 7.64. The SMILES string of the molecule is C=C(C)[C@@H]1C[C@@H]2O[C@]2(C)[C@@H](F)C1. The van der Waals surface area contributed by atoms with Gasteiger partial charge in [0, 0.05) is 0 Å². The van der Waals surface area contributed by atoms with E-state index in [1.165, 1.54) is 0 Å².